The Balaban J connectivity index is 1.63. The molecule has 31 heavy (non-hydrogen) atoms. The molecule has 0 N–H and O–H groups in total. The zero-order valence-corrected chi connectivity index (χ0v) is 18.1. The van der Waals surface area contributed by atoms with Crippen LogP contribution < -0.4 is 0 Å². The third-order valence-corrected chi connectivity index (χ3v) is 5.40. The first-order valence-corrected chi connectivity index (χ1v) is 10.4. The normalized spacial score (nSPS) is 11.8. The third kappa shape index (κ3) is 4.56. The number of amides is 1. The Labute approximate surface area is 183 Å². The predicted molar refractivity (Wildman–Crippen MR) is 122 cm³/mol. The highest BCUT2D eigenvalue weighted by atomic mass is 16.2. The molecule has 0 saturated carbocycles. The van der Waals surface area contributed by atoms with E-state index in [1.807, 2.05) is 98.4 Å². The van der Waals surface area contributed by atoms with Crippen LogP contribution in [0.1, 0.15) is 44.6 Å². The van der Waals surface area contributed by atoms with E-state index >= 15 is 0 Å². The maximum atomic E-state index is 13.5. The van der Waals surface area contributed by atoms with Crippen molar-refractivity contribution in [3.63, 3.8) is 0 Å². The highest BCUT2D eigenvalue weighted by Crippen LogP contribution is 2.27. The van der Waals surface area contributed by atoms with Gasteiger partial charge in [0.05, 0.1) is 24.0 Å². The first kappa shape index (κ1) is 20.5. The van der Waals surface area contributed by atoms with E-state index in [0.717, 1.165) is 28.2 Å². The van der Waals surface area contributed by atoms with Gasteiger partial charge in [0.15, 0.2) is 0 Å². The molecule has 1 amide bonds. The lowest BCUT2D eigenvalue weighted by Gasteiger charge is -2.28. The van der Waals surface area contributed by atoms with E-state index < -0.39 is 0 Å². The van der Waals surface area contributed by atoms with Crippen LogP contribution in [-0.4, -0.2) is 32.6 Å². The number of aromatic nitrogens is 3. The van der Waals surface area contributed by atoms with Crippen LogP contribution in [0.25, 0.3) is 0 Å². The number of rotatable bonds is 6. The summed E-state index contributed by atoms with van der Waals surface area (Å²) in [4.78, 5) is 19.8. The Hall–Kier alpha value is -3.73. The lowest BCUT2D eigenvalue weighted by Crippen LogP contribution is -2.32. The number of pyridine rings is 1. The first-order valence-electron chi connectivity index (χ1n) is 10.4. The summed E-state index contributed by atoms with van der Waals surface area (Å²) < 4.78 is 1.96. The molecule has 0 bridgehead atoms. The fourth-order valence-electron chi connectivity index (χ4n) is 3.90. The first-order chi connectivity index (χ1) is 15.0. The molecule has 2 aromatic heterocycles. The Kier molecular flexibility index (Phi) is 5.94. The number of carbonyl (C=O) groups excluding carboxylic acids is 1. The maximum Gasteiger partial charge on any atom is 0.254 e. The van der Waals surface area contributed by atoms with Gasteiger partial charge >= 0.3 is 0 Å². The second-order valence-corrected chi connectivity index (χ2v) is 7.77. The van der Waals surface area contributed by atoms with Crippen molar-refractivity contribution in [2.45, 2.75) is 26.4 Å². The molecule has 1 unspecified atom stereocenters. The Morgan fingerprint density at radius 1 is 0.968 bits per heavy atom. The number of hydrogen-bond donors (Lipinski definition) is 0. The molecule has 4 aromatic rings. The summed E-state index contributed by atoms with van der Waals surface area (Å²) in [6.45, 7) is 4.66. The third-order valence-electron chi connectivity index (χ3n) is 5.40. The van der Waals surface area contributed by atoms with Crippen LogP contribution in [0.5, 0.6) is 0 Å². The SMILES string of the molecule is Cc1cc(C)n(Cc2cccc(C(=O)N(C)C(c3ccccc3)c3ccccn3)c2)n1. The summed E-state index contributed by atoms with van der Waals surface area (Å²) in [5, 5.41) is 4.54. The van der Waals surface area contributed by atoms with Gasteiger partial charge in [0.2, 0.25) is 0 Å². The molecular weight excluding hydrogens is 384 g/mol. The van der Waals surface area contributed by atoms with Crippen molar-refractivity contribution < 1.29 is 4.79 Å². The summed E-state index contributed by atoms with van der Waals surface area (Å²) in [6, 6.07) is 25.4. The summed E-state index contributed by atoms with van der Waals surface area (Å²) in [6.07, 6.45) is 1.76. The molecule has 5 nitrogen and oxygen atoms in total. The lowest BCUT2D eigenvalue weighted by atomic mass is 10.0. The van der Waals surface area contributed by atoms with Gasteiger partial charge < -0.3 is 4.90 Å². The van der Waals surface area contributed by atoms with Crippen LogP contribution in [-0.2, 0) is 6.54 Å². The Bertz CT molecular complexity index is 1130. The molecule has 0 aliphatic carbocycles. The smallest absolute Gasteiger partial charge is 0.254 e. The average Bonchev–Trinajstić information content (AvgIpc) is 3.11. The summed E-state index contributed by atoms with van der Waals surface area (Å²) >= 11 is 0. The molecule has 0 aliphatic heterocycles. The van der Waals surface area contributed by atoms with E-state index in [0.29, 0.717) is 12.1 Å². The van der Waals surface area contributed by atoms with Crippen molar-refractivity contribution in [1.82, 2.24) is 19.7 Å². The number of aryl methyl sites for hydroxylation is 2. The Morgan fingerprint density at radius 2 is 1.74 bits per heavy atom. The second kappa shape index (κ2) is 8.96. The minimum absolute atomic E-state index is 0.0466. The van der Waals surface area contributed by atoms with Crippen LogP contribution in [0.2, 0.25) is 0 Å². The zero-order chi connectivity index (χ0) is 21.8. The van der Waals surface area contributed by atoms with Gasteiger partial charge in [0, 0.05) is 24.5 Å². The van der Waals surface area contributed by atoms with Gasteiger partial charge in [0.1, 0.15) is 0 Å². The topological polar surface area (TPSA) is 51.0 Å². The van der Waals surface area contributed by atoms with Gasteiger partial charge in [-0.2, -0.15) is 5.10 Å². The van der Waals surface area contributed by atoms with E-state index in [2.05, 4.69) is 16.1 Å². The molecule has 156 valence electrons. The molecule has 2 heterocycles. The van der Waals surface area contributed by atoms with Gasteiger partial charge in [-0.1, -0.05) is 48.5 Å². The van der Waals surface area contributed by atoms with E-state index in [-0.39, 0.29) is 11.9 Å². The fraction of sp³-hybridized carbons (Fsp3) is 0.192. The number of benzene rings is 2. The largest absolute Gasteiger partial charge is 0.329 e. The van der Waals surface area contributed by atoms with Gasteiger partial charge in [0.25, 0.3) is 5.91 Å². The highest BCUT2D eigenvalue weighted by molar-refractivity contribution is 5.94. The second-order valence-electron chi connectivity index (χ2n) is 7.77. The summed E-state index contributed by atoms with van der Waals surface area (Å²) in [5.41, 5.74) is 5.65. The molecule has 0 radical (unpaired) electrons. The minimum atomic E-state index is -0.269. The van der Waals surface area contributed by atoms with Crippen LogP contribution in [0.15, 0.2) is 85.1 Å². The summed E-state index contributed by atoms with van der Waals surface area (Å²) in [7, 11) is 1.84. The fourth-order valence-corrected chi connectivity index (χ4v) is 3.90. The number of hydrogen-bond acceptors (Lipinski definition) is 3. The molecule has 4 rings (SSSR count). The van der Waals surface area contributed by atoms with Crippen molar-refractivity contribution in [1.29, 1.82) is 0 Å². The Morgan fingerprint density at radius 3 is 2.42 bits per heavy atom. The maximum absolute atomic E-state index is 13.5. The predicted octanol–water partition coefficient (Wildman–Crippen LogP) is 4.80. The van der Waals surface area contributed by atoms with Crippen LogP contribution in [0.4, 0.5) is 0 Å². The van der Waals surface area contributed by atoms with Crippen molar-refractivity contribution in [2.75, 3.05) is 7.05 Å². The molecule has 0 spiro atoms. The van der Waals surface area contributed by atoms with Crippen LogP contribution in [0.3, 0.4) is 0 Å². The van der Waals surface area contributed by atoms with Gasteiger partial charge in [-0.3, -0.25) is 14.5 Å². The molecule has 0 saturated heterocycles. The minimum Gasteiger partial charge on any atom is -0.329 e. The van der Waals surface area contributed by atoms with Gasteiger partial charge in [-0.05, 0) is 55.3 Å². The number of carbonyl (C=O) groups is 1. The molecule has 0 aliphatic rings. The zero-order valence-electron chi connectivity index (χ0n) is 18.1. The molecule has 2 aromatic carbocycles. The van der Waals surface area contributed by atoms with Crippen molar-refractivity contribution in [3.05, 3.63) is 119 Å². The molecule has 0 fully saturated rings. The molecular formula is C26H26N4O. The van der Waals surface area contributed by atoms with Crippen LogP contribution in [0, 0.1) is 13.8 Å². The van der Waals surface area contributed by atoms with E-state index in [1.54, 1.807) is 11.1 Å². The van der Waals surface area contributed by atoms with E-state index in [4.69, 9.17) is 0 Å². The number of nitrogens with zero attached hydrogens (tertiary/aromatic N) is 4. The average molecular weight is 411 g/mol. The van der Waals surface area contributed by atoms with E-state index in [9.17, 15) is 4.79 Å². The standard InChI is InChI=1S/C26H26N4O/c1-19-16-20(2)30(28-19)18-21-10-9-13-23(17-21)26(31)29(3)25(22-11-5-4-6-12-22)24-14-7-8-15-27-24/h4-17,25H,18H2,1-3H3. The van der Waals surface area contributed by atoms with Crippen molar-refractivity contribution in [2.24, 2.45) is 0 Å². The van der Waals surface area contributed by atoms with E-state index in [1.165, 1.54) is 0 Å². The monoisotopic (exact) mass is 410 g/mol. The lowest BCUT2D eigenvalue weighted by molar-refractivity contribution is 0.0752. The summed E-state index contributed by atoms with van der Waals surface area (Å²) in [5.74, 6) is -0.0466. The van der Waals surface area contributed by atoms with Crippen molar-refractivity contribution in [3.8, 4) is 0 Å². The van der Waals surface area contributed by atoms with Gasteiger partial charge in [-0.15, -0.1) is 0 Å². The highest BCUT2D eigenvalue weighted by Gasteiger charge is 2.25. The molecule has 5 heteroatoms. The molecule has 1 atom stereocenters. The van der Waals surface area contributed by atoms with Crippen molar-refractivity contribution >= 4 is 5.91 Å². The van der Waals surface area contributed by atoms with Crippen LogP contribution >= 0.6 is 0 Å². The quantitative estimate of drug-likeness (QED) is 0.459. The van der Waals surface area contributed by atoms with Gasteiger partial charge in [-0.25, -0.2) is 0 Å².